The van der Waals surface area contributed by atoms with Gasteiger partial charge in [0.1, 0.15) is 4.87 Å². The number of hydrogen-bond acceptors (Lipinski definition) is 7. The number of hydrogen-bond donors (Lipinski definition) is 2. The predicted molar refractivity (Wildman–Crippen MR) is 125 cm³/mol. The highest BCUT2D eigenvalue weighted by atomic mass is 32.2. The molecule has 2 aliphatic heterocycles. The van der Waals surface area contributed by atoms with Crippen LogP contribution in [0.25, 0.3) is 0 Å². The molecule has 1 aromatic heterocycles. The second-order valence-corrected chi connectivity index (χ2v) is 10.6. The molecule has 0 aliphatic carbocycles. The van der Waals surface area contributed by atoms with Crippen molar-refractivity contribution in [1.29, 1.82) is 0 Å². The summed E-state index contributed by atoms with van der Waals surface area (Å²) in [6.45, 7) is 2.46. The first-order valence-electron chi connectivity index (χ1n) is 10.4. The van der Waals surface area contributed by atoms with Crippen molar-refractivity contribution in [2.24, 2.45) is 5.92 Å². The molecule has 1 aromatic carbocycles. The number of fused-ring (bicyclic) bond motifs is 1. The molecule has 174 valence electrons. The Labute approximate surface area is 198 Å². The molecule has 33 heavy (non-hydrogen) atoms. The highest BCUT2D eigenvalue weighted by Gasteiger charge is 2.68. The van der Waals surface area contributed by atoms with Crippen LogP contribution >= 0.6 is 23.5 Å². The number of amides is 1. The first-order valence-corrected chi connectivity index (χ1v) is 12.2. The number of carbonyl (C=O) groups excluding carboxylic acids is 1. The molecule has 2 N–H and O–H groups in total. The standard InChI is InChI=1S/C22H23N3O6S2/c1-2-16(26)17-19(27)24-18(20(28)29)21(32-12-11-23-9-3-4-10-23)33-22(17,24)13-14-5-7-15(8-6-14)25(30)31/h3-10,16-17,26H,2,11-13H2,1H3,(H,28,29)/t16-,17+,22+/m0/s1. The van der Waals surface area contributed by atoms with Crippen molar-refractivity contribution in [3.05, 3.63) is 74.4 Å². The molecule has 2 aromatic rings. The third-order valence-corrected chi connectivity index (χ3v) is 8.66. The molecule has 3 heterocycles. The molecule has 1 amide bonds. The molecule has 9 nitrogen and oxygen atoms in total. The minimum Gasteiger partial charge on any atom is -0.477 e. The average molecular weight is 490 g/mol. The van der Waals surface area contributed by atoms with Crippen LogP contribution in [0.5, 0.6) is 0 Å². The lowest BCUT2D eigenvalue weighted by Gasteiger charge is -2.54. The number of carboxylic acid groups (broad SMARTS) is 1. The lowest BCUT2D eigenvalue weighted by atomic mass is 9.77. The van der Waals surface area contributed by atoms with Gasteiger partial charge in [-0.15, -0.1) is 11.8 Å². The number of aryl methyl sites for hydroxylation is 1. The van der Waals surface area contributed by atoms with Gasteiger partial charge >= 0.3 is 5.97 Å². The summed E-state index contributed by atoms with van der Waals surface area (Å²) in [7, 11) is 0. The lowest BCUT2D eigenvalue weighted by molar-refractivity contribution is -0.384. The van der Waals surface area contributed by atoms with E-state index in [0.29, 0.717) is 23.0 Å². The maximum Gasteiger partial charge on any atom is 0.354 e. The van der Waals surface area contributed by atoms with Crippen molar-refractivity contribution >= 4 is 41.1 Å². The van der Waals surface area contributed by atoms with Gasteiger partial charge in [-0.25, -0.2) is 4.79 Å². The van der Waals surface area contributed by atoms with Gasteiger partial charge in [0, 0.05) is 43.2 Å². The Bertz CT molecular complexity index is 1100. The first kappa shape index (κ1) is 23.4. The van der Waals surface area contributed by atoms with E-state index in [9.17, 15) is 29.9 Å². The molecule has 2 aliphatic rings. The van der Waals surface area contributed by atoms with Crippen LogP contribution in [0.4, 0.5) is 5.69 Å². The normalized spacial score (nSPS) is 22.8. The number of carbonyl (C=O) groups is 2. The zero-order valence-corrected chi connectivity index (χ0v) is 19.4. The lowest BCUT2D eigenvalue weighted by Crippen LogP contribution is -2.71. The highest BCUT2D eigenvalue weighted by Crippen LogP contribution is 2.62. The third kappa shape index (κ3) is 4.16. The van der Waals surface area contributed by atoms with Crippen LogP contribution in [0.2, 0.25) is 0 Å². The molecule has 0 saturated carbocycles. The quantitative estimate of drug-likeness (QED) is 0.296. The van der Waals surface area contributed by atoms with E-state index in [-0.39, 0.29) is 17.8 Å². The average Bonchev–Trinajstić information content (AvgIpc) is 3.39. The van der Waals surface area contributed by atoms with Crippen LogP contribution in [-0.4, -0.2) is 53.2 Å². The van der Waals surface area contributed by atoms with Crippen molar-refractivity contribution in [2.45, 2.75) is 37.3 Å². The number of β-lactam (4-membered cyclic amide) rings is 1. The first-order chi connectivity index (χ1) is 15.8. The number of nitrogens with zero attached hydrogens (tertiary/aromatic N) is 3. The van der Waals surface area contributed by atoms with Crippen LogP contribution in [0, 0.1) is 16.0 Å². The van der Waals surface area contributed by atoms with Gasteiger partial charge in [-0.3, -0.25) is 19.8 Å². The SMILES string of the molecule is CC[C@H](O)[C@@H]1C(=O)N2C(C(=O)O)=C(SCCn3cccc3)S[C@]12Cc1ccc([N+](=O)[O-])cc1. The van der Waals surface area contributed by atoms with Crippen LogP contribution in [0.1, 0.15) is 18.9 Å². The smallest absolute Gasteiger partial charge is 0.354 e. The molecular weight excluding hydrogens is 466 g/mol. The van der Waals surface area contributed by atoms with E-state index in [0.717, 1.165) is 5.56 Å². The Morgan fingerprint density at radius 2 is 1.97 bits per heavy atom. The summed E-state index contributed by atoms with van der Waals surface area (Å²) in [5.74, 6) is -1.74. The fourth-order valence-electron chi connectivity index (χ4n) is 4.30. The molecule has 0 bridgehead atoms. The minimum atomic E-state index is -1.19. The van der Waals surface area contributed by atoms with E-state index in [1.165, 1.54) is 40.6 Å². The Morgan fingerprint density at radius 1 is 1.30 bits per heavy atom. The van der Waals surface area contributed by atoms with Crippen molar-refractivity contribution in [2.75, 3.05) is 5.75 Å². The molecule has 4 rings (SSSR count). The largest absolute Gasteiger partial charge is 0.477 e. The van der Waals surface area contributed by atoms with E-state index in [2.05, 4.69) is 0 Å². The predicted octanol–water partition coefficient (Wildman–Crippen LogP) is 3.30. The van der Waals surface area contributed by atoms with E-state index < -0.39 is 33.7 Å². The maximum absolute atomic E-state index is 13.1. The number of aromatic nitrogens is 1. The topological polar surface area (TPSA) is 126 Å². The van der Waals surface area contributed by atoms with E-state index in [4.69, 9.17) is 0 Å². The molecule has 0 unspecified atom stereocenters. The number of thioether (sulfide) groups is 2. The van der Waals surface area contributed by atoms with E-state index >= 15 is 0 Å². The number of nitro benzene ring substituents is 1. The van der Waals surface area contributed by atoms with Gasteiger partial charge in [0.05, 0.1) is 21.2 Å². The number of aliphatic hydroxyl groups excluding tert-OH is 1. The van der Waals surface area contributed by atoms with Crippen molar-refractivity contribution in [3.8, 4) is 0 Å². The summed E-state index contributed by atoms with van der Waals surface area (Å²) in [5, 5.41) is 31.6. The number of non-ortho nitro benzene ring substituents is 1. The Morgan fingerprint density at radius 3 is 2.55 bits per heavy atom. The monoisotopic (exact) mass is 489 g/mol. The van der Waals surface area contributed by atoms with Gasteiger partial charge in [-0.1, -0.05) is 30.8 Å². The van der Waals surface area contributed by atoms with Gasteiger partial charge in [0.25, 0.3) is 5.69 Å². The van der Waals surface area contributed by atoms with E-state index in [1.807, 2.05) is 29.1 Å². The molecule has 1 saturated heterocycles. The van der Waals surface area contributed by atoms with Gasteiger partial charge in [-0.05, 0) is 24.1 Å². The number of nitro groups is 1. The molecule has 1 fully saturated rings. The Balaban J connectivity index is 1.63. The number of aliphatic hydroxyl groups is 1. The summed E-state index contributed by atoms with van der Waals surface area (Å²) in [6.07, 6.45) is 3.55. The van der Waals surface area contributed by atoms with Crippen molar-refractivity contribution < 1.29 is 24.7 Å². The van der Waals surface area contributed by atoms with Crippen LogP contribution in [0.3, 0.4) is 0 Å². The van der Waals surface area contributed by atoms with Crippen LogP contribution in [-0.2, 0) is 22.6 Å². The van der Waals surface area contributed by atoms with Crippen molar-refractivity contribution in [1.82, 2.24) is 9.47 Å². The number of aliphatic carboxylic acids is 1. The number of benzene rings is 1. The third-order valence-electron chi connectivity index (χ3n) is 5.90. The summed E-state index contributed by atoms with van der Waals surface area (Å²) < 4.78 is 2.53. The van der Waals surface area contributed by atoms with Crippen molar-refractivity contribution in [3.63, 3.8) is 0 Å². The minimum absolute atomic E-state index is 0.0485. The summed E-state index contributed by atoms with van der Waals surface area (Å²) >= 11 is 2.69. The number of carboxylic acids is 1. The fourth-order valence-corrected chi connectivity index (χ4v) is 7.51. The summed E-state index contributed by atoms with van der Waals surface area (Å²) in [6, 6.07) is 9.83. The zero-order chi connectivity index (χ0) is 23.8. The second kappa shape index (κ2) is 9.24. The summed E-state index contributed by atoms with van der Waals surface area (Å²) in [4.78, 5) is 36.1. The molecule has 0 spiro atoms. The van der Waals surface area contributed by atoms with Gasteiger partial charge in [0.2, 0.25) is 5.91 Å². The molecule has 11 heteroatoms. The summed E-state index contributed by atoms with van der Waals surface area (Å²) in [5.41, 5.74) is 0.624. The van der Waals surface area contributed by atoms with Gasteiger partial charge in [0.15, 0.2) is 5.70 Å². The van der Waals surface area contributed by atoms with Crippen LogP contribution in [0.15, 0.2) is 58.7 Å². The highest BCUT2D eigenvalue weighted by molar-refractivity contribution is 8.23. The van der Waals surface area contributed by atoms with E-state index in [1.54, 1.807) is 19.1 Å². The van der Waals surface area contributed by atoms with Gasteiger partial charge < -0.3 is 14.8 Å². The molecule has 0 radical (unpaired) electrons. The molecule has 3 atom stereocenters. The Kier molecular flexibility index (Phi) is 6.55. The van der Waals surface area contributed by atoms with Gasteiger partial charge in [-0.2, -0.15) is 0 Å². The molecular formula is C22H23N3O6S2. The maximum atomic E-state index is 13.1. The van der Waals surface area contributed by atoms with Crippen LogP contribution < -0.4 is 0 Å². The Hall–Kier alpha value is -2.76. The second-order valence-electron chi connectivity index (χ2n) is 7.88. The number of rotatable bonds is 10. The zero-order valence-electron chi connectivity index (χ0n) is 17.8. The fraction of sp³-hybridized carbons (Fsp3) is 0.364.